The molecular formula is C23H21N3O4. The fourth-order valence-electron chi connectivity index (χ4n) is 3.56. The summed E-state index contributed by atoms with van der Waals surface area (Å²) in [6.45, 7) is 2.16. The second-order valence-electron chi connectivity index (χ2n) is 7.07. The summed E-state index contributed by atoms with van der Waals surface area (Å²) in [5, 5.41) is 15.3. The number of fused-ring (bicyclic) bond motifs is 2. The van der Waals surface area contributed by atoms with Gasteiger partial charge in [0, 0.05) is 18.7 Å². The first-order valence-electron chi connectivity index (χ1n) is 9.70. The van der Waals surface area contributed by atoms with E-state index in [0.717, 1.165) is 10.8 Å². The molecule has 1 unspecified atom stereocenters. The van der Waals surface area contributed by atoms with E-state index in [0.29, 0.717) is 28.7 Å². The highest BCUT2D eigenvalue weighted by Gasteiger charge is 2.13. The summed E-state index contributed by atoms with van der Waals surface area (Å²) in [7, 11) is 0. The van der Waals surface area contributed by atoms with Crippen LogP contribution in [0.25, 0.3) is 21.8 Å². The fraction of sp³-hybridized carbons (Fsp3) is 0.174. The molecule has 3 N–H and O–H groups in total. The summed E-state index contributed by atoms with van der Waals surface area (Å²) < 4.78 is 1.36. The molecule has 1 aromatic heterocycles. The van der Waals surface area contributed by atoms with E-state index in [-0.39, 0.29) is 12.5 Å². The first-order valence-corrected chi connectivity index (χ1v) is 9.70. The number of hydrogen-bond donors (Lipinski definition) is 3. The number of carbonyl (C=O) groups excluding carboxylic acids is 1. The maximum atomic E-state index is 12.6. The smallest absolute Gasteiger partial charge is 0.316 e. The zero-order valence-corrected chi connectivity index (χ0v) is 16.4. The molecule has 1 heterocycles. The van der Waals surface area contributed by atoms with Gasteiger partial charge in [-0.2, -0.15) is 0 Å². The number of aliphatic hydroxyl groups is 1. The molecule has 1 amide bonds. The standard InChI is InChI=1S/C23H21N3O4/c1-2-26-19-10-9-17(12-18(19)25-22(29)23(26)30)21(28)24-13-20(27)16-8-7-14-5-3-4-6-15(14)11-16/h3-12,20,27H,2,13H2,1H3,(H,24,28)(H,25,29). The van der Waals surface area contributed by atoms with Crippen LogP contribution in [0.2, 0.25) is 0 Å². The highest BCUT2D eigenvalue weighted by Crippen LogP contribution is 2.20. The number of nitrogens with one attached hydrogen (secondary N) is 2. The average molecular weight is 403 g/mol. The van der Waals surface area contributed by atoms with E-state index in [1.807, 2.05) is 42.5 Å². The van der Waals surface area contributed by atoms with Gasteiger partial charge in [0.05, 0.1) is 17.1 Å². The highest BCUT2D eigenvalue weighted by molar-refractivity contribution is 5.97. The van der Waals surface area contributed by atoms with Crippen LogP contribution < -0.4 is 16.4 Å². The lowest BCUT2D eigenvalue weighted by Gasteiger charge is -2.14. The number of benzene rings is 3. The zero-order valence-electron chi connectivity index (χ0n) is 16.4. The van der Waals surface area contributed by atoms with Gasteiger partial charge in [-0.15, -0.1) is 0 Å². The van der Waals surface area contributed by atoms with Crippen LogP contribution in [0.3, 0.4) is 0 Å². The highest BCUT2D eigenvalue weighted by atomic mass is 16.3. The largest absolute Gasteiger partial charge is 0.387 e. The van der Waals surface area contributed by atoms with E-state index in [2.05, 4.69) is 10.3 Å². The second kappa shape index (κ2) is 7.96. The molecule has 0 aliphatic carbocycles. The van der Waals surface area contributed by atoms with Crippen molar-refractivity contribution < 1.29 is 9.90 Å². The van der Waals surface area contributed by atoms with Crippen LogP contribution in [0.4, 0.5) is 0 Å². The quantitative estimate of drug-likeness (QED) is 0.445. The van der Waals surface area contributed by atoms with Crippen molar-refractivity contribution in [3.63, 3.8) is 0 Å². The first-order chi connectivity index (χ1) is 14.5. The normalized spacial score (nSPS) is 12.2. The van der Waals surface area contributed by atoms with Crippen molar-refractivity contribution in [1.82, 2.24) is 14.9 Å². The van der Waals surface area contributed by atoms with Gasteiger partial charge in [0.25, 0.3) is 5.91 Å². The number of H-pyrrole nitrogens is 1. The van der Waals surface area contributed by atoms with Crippen molar-refractivity contribution in [3.05, 3.63) is 92.5 Å². The van der Waals surface area contributed by atoms with Gasteiger partial charge in [0.1, 0.15) is 0 Å². The van der Waals surface area contributed by atoms with Crippen molar-refractivity contribution in [2.45, 2.75) is 19.6 Å². The number of amides is 1. The van der Waals surface area contributed by atoms with Gasteiger partial charge >= 0.3 is 11.1 Å². The van der Waals surface area contributed by atoms with Gasteiger partial charge in [0.2, 0.25) is 0 Å². The summed E-state index contributed by atoms with van der Waals surface area (Å²) >= 11 is 0. The Morgan fingerprint density at radius 1 is 1.07 bits per heavy atom. The Labute approximate surface area is 171 Å². The lowest BCUT2D eigenvalue weighted by molar-refractivity contribution is 0.0916. The van der Waals surface area contributed by atoms with Crippen LogP contribution in [0.1, 0.15) is 28.9 Å². The molecule has 0 saturated heterocycles. The number of aromatic nitrogens is 2. The van der Waals surface area contributed by atoms with Crippen molar-refractivity contribution in [2.24, 2.45) is 0 Å². The maximum absolute atomic E-state index is 12.6. The van der Waals surface area contributed by atoms with Crippen LogP contribution in [0, 0.1) is 0 Å². The Morgan fingerprint density at radius 3 is 2.60 bits per heavy atom. The van der Waals surface area contributed by atoms with Gasteiger partial charge in [-0.05, 0) is 47.5 Å². The summed E-state index contributed by atoms with van der Waals surface area (Å²) in [6.07, 6.45) is -0.857. The van der Waals surface area contributed by atoms with Gasteiger partial charge in [-0.3, -0.25) is 14.4 Å². The van der Waals surface area contributed by atoms with Crippen LogP contribution >= 0.6 is 0 Å². The Bertz CT molecular complexity index is 1370. The van der Waals surface area contributed by atoms with Gasteiger partial charge < -0.3 is 20.0 Å². The Kier molecular flexibility index (Phi) is 5.20. The Balaban J connectivity index is 1.53. The lowest BCUT2D eigenvalue weighted by Crippen LogP contribution is -2.36. The molecule has 0 bridgehead atoms. The second-order valence-corrected chi connectivity index (χ2v) is 7.07. The molecule has 0 aliphatic heterocycles. The summed E-state index contributed by atoms with van der Waals surface area (Å²) in [5.41, 5.74) is 0.641. The number of nitrogens with zero attached hydrogens (tertiary/aromatic N) is 1. The van der Waals surface area contributed by atoms with Gasteiger partial charge in [-0.1, -0.05) is 36.4 Å². The molecule has 4 rings (SSSR count). The van der Waals surface area contributed by atoms with Crippen LogP contribution in [-0.4, -0.2) is 27.1 Å². The van der Waals surface area contributed by atoms with Crippen molar-refractivity contribution in [3.8, 4) is 0 Å². The molecule has 7 nitrogen and oxygen atoms in total. The number of hydrogen-bond acceptors (Lipinski definition) is 4. The van der Waals surface area contributed by atoms with Crippen LogP contribution in [0.5, 0.6) is 0 Å². The zero-order chi connectivity index (χ0) is 21.3. The number of aromatic amines is 1. The van der Waals surface area contributed by atoms with E-state index in [1.165, 1.54) is 10.6 Å². The van der Waals surface area contributed by atoms with Crippen molar-refractivity contribution in [2.75, 3.05) is 6.54 Å². The molecule has 152 valence electrons. The Morgan fingerprint density at radius 2 is 1.83 bits per heavy atom. The number of rotatable bonds is 5. The lowest BCUT2D eigenvalue weighted by atomic mass is 10.0. The van der Waals surface area contributed by atoms with Crippen LogP contribution in [-0.2, 0) is 6.54 Å². The Hall–Kier alpha value is -3.71. The van der Waals surface area contributed by atoms with Crippen molar-refractivity contribution in [1.29, 1.82) is 0 Å². The molecule has 4 aromatic rings. The summed E-state index contributed by atoms with van der Waals surface area (Å²) in [6, 6.07) is 18.3. The molecule has 0 radical (unpaired) electrons. The van der Waals surface area contributed by atoms with Crippen LogP contribution in [0.15, 0.2) is 70.3 Å². The maximum Gasteiger partial charge on any atom is 0.316 e. The average Bonchev–Trinajstić information content (AvgIpc) is 2.77. The van der Waals surface area contributed by atoms with Gasteiger partial charge in [-0.25, -0.2) is 0 Å². The van der Waals surface area contributed by atoms with Crippen molar-refractivity contribution >= 4 is 27.7 Å². The predicted octanol–water partition coefficient (Wildman–Crippen LogP) is 2.33. The van der Waals surface area contributed by atoms with E-state index in [9.17, 15) is 19.5 Å². The molecule has 7 heteroatoms. The number of aryl methyl sites for hydroxylation is 1. The third-order valence-corrected chi connectivity index (χ3v) is 5.17. The molecule has 30 heavy (non-hydrogen) atoms. The summed E-state index contributed by atoms with van der Waals surface area (Å²) in [4.78, 5) is 38.9. The minimum absolute atomic E-state index is 0.0419. The molecule has 0 aliphatic rings. The number of aliphatic hydroxyl groups excluding tert-OH is 1. The molecule has 1 atom stereocenters. The SMILES string of the molecule is CCn1c(=O)c(=O)[nH]c2cc(C(=O)NCC(O)c3ccc4ccccc4c3)ccc21. The topological polar surface area (TPSA) is 104 Å². The predicted molar refractivity (Wildman–Crippen MR) is 116 cm³/mol. The summed E-state index contributed by atoms with van der Waals surface area (Å²) in [5.74, 6) is -0.383. The van der Waals surface area contributed by atoms with E-state index < -0.39 is 17.2 Å². The molecular weight excluding hydrogens is 382 g/mol. The molecule has 0 spiro atoms. The third-order valence-electron chi connectivity index (χ3n) is 5.17. The van der Waals surface area contributed by atoms with Gasteiger partial charge in [0.15, 0.2) is 0 Å². The molecule has 3 aromatic carbocycles. The van der Waals surface area contributed by atoms with E-state index in [4.69, 9.17) is 0 Å². The molecule has 0 fully saturated rings. The minimum Gasteiger partial charge on any atom is -0.387 e. The minimum atomic E-state index is -0.857. The van der Waals surface area contributed by atoms with E-state index in [1.54, 1.807) is 19.1 Å². The molecule has 0 saturated carbocycles. The van der Waals surface area contributed by atoms with E-state index >= 15 is 0 Å². The fourth-order valence-corrected chi connectivity index (χ4v) is 3.56. The third kappa shape index (κ3) is 3.62. The first kappa shape index (κ1) is 19.6. The monoisotopic (exact) mass is 403 g/mol. The number of carbonyl (C=O) groups is 1.